The van der Waals surface area contributed by atoms with Crippen molar-refractivity contribution in [1.82, 2.24) is 0 Å². The quantitative estimate of drug-likeness (QED) is 0.899. The Morgan fingerprint density at radius 2 is 1.85 bits per heavy atom. The number of anilines is 1. The van der Waals surface area contributed by atoms with E-state index in [0.29, 0.717) is 0 Å². The molecule has 1 fully saturated rings. The van der Waals surface area contributed by atoms with E-state index in [1.54, 1.807) is 11.8 Å². The van der Waals surface area contributed by atoms with E-state index >= 15 is 0 Å². The average Bonchev–Trinajstić information content (AvgIpc) is 3.20. The second-order valence-electron chi connectivity index (χ2n) is 5.70. The van der Waals surface area contributed by atoms with Crippen LogP contribution < -0.4 is 4.90 Å². The molecule has 108 valence electrons. The van der Waals surface area contributed by atoms with Crippen LogP contribution >= 0.6 is 0 Å². The highest BCUT2D eigenvalue weighted by molar-refractivity contribution is 5.98. The number of amides is 1. The van der Waals surface area contributed by atoms with Crippen molar-refractivity contribution in [3.63, 3.8) is 0 Å². The molecule has 1 unspecified atom stereocenters. The first-order chi connectivity index (χ1) is 9.41. The van der Waals surface area contributed by atoms with Gasteiger partial charge in [-0.2, -0.15) is 0 Å². The van der Waals surface area contributed by atoms with Crippen molar-refractivity contribution in [2.75, 3.05) is 11.4 Å². The minimum atomic E-state index is -0.871. The van der Waals surface area contributed by atoms with E-state index < -0.39 is 11.9 Å². The summed E-state index contributed by atoms with van der Waals surface area (Å²) in [7, 11) is 0. The molecule has 1 aromatic rings. The maximum Gasteiger partial charge on any atom is 0.308 e. The van der Waals surface area contributed by atoms with Crippen molar-refractivity contribution in [3.8, 4) is 0 Å². The summed E-state index contributed by atoms with van der Waals surface area (Å²) in [6.45, 7) is 5.79. The number of carboxylic acid groups (broad SMARTS) is 1. The highest BCUT2D eigenvalue weighted by Gasteiger charge is 2.36. The minimum Gasteiger partial charge on any atom is -0.481 e. The Labute approximate surface area is 119 Å². The van der Waals surface area contributed by atoms with E-state index in [9.17, 15) is 9.59 Å². The lowest BCUT2D eigenvalue weighted by atomic mass is 10.0. The number of carbonyl (C=O) groups excluding carboxylic acids is 1. The number of benzene rings is 1. The molecule has 0 heterocycles. The lowest BCUT2D eigenvalue weighted by Gasteiger charge is -2.28. The van der Waals surface area contributed by atoms with Gasteiger partial charge in [0, 0.05) is 18.2 Å². The summed E-state index contributed by atoms with van der Waals surface area (Å²) < 4.78 is 0. The number of hydrogen-bond acceptors (Lipinski definition) is 2. The van der Waals surface area contributed by atoms with Gasteiger partial charge >= 0.3 is 5.97 Å². The summed E-state index contributed by atoms with van der Waals surface area (Å²) in [5.74, 6) is -1.30. The molecule has 0 aliphatic heterocycles. The van der Waals surface area contributed by atoms with Gasteiger partial charge in [0.25, 0.3) is 0 Å². The monoisotopic (exact) mass is 275 g/mol. The van der Waals surface area contributed by atoms with Gasteiger partial charge in [0.05, 0.1) is 5.92 Å². The number of aryl methyl sites for hydroxylation is 2. The number of rotatable bonds is 5. The number of hydrogen-bond donors (Lipinski definition) is 1. The molecule has 4 nitrogen and oxygen atoms in total. The summed E-state index contributed by atoms with van der Waals surface area (Å²) in [5.41, 5.74) is 2.89. The zero-order valence-corrected chi connectivity index (χ0v) is 12.2. The number of carboxylic acids is 1. The molecular weight excluding hydrogens is 254 g/mol. The summed E-state index contributed by atoms with van der Waals surface area (Å²) >= 11 is 0. The van der Waals surface area contributed by atoms with Crippen LogP contribution in [0.15, 0.2) is 18.2 Å². The van der Waals surface area contributed by atoms with Crippen LogP contribution in [-0.4, -0.2) is 23.5 Å². The molecule has 0 aromatic heterocycles. The molecule has 1 aromatic carbocycles. The van der Waals surface area contributed by atoms with Gasteiger partial charge in [-0.15, -0.1) is 0 Å². The van der Waals surface area contributed by atoms with Gasteiger partial charge in [-0.3, -0.25) is 9.59 Å². The second kappa shape index (κ2) is 5.65. The zero-order chi connectivity index (χ0) is 14.9. The molecule has 1 aliphatic carbocycles. The van der Waals surface area contributed by atoms with Crippen LogP contribution in [0.3, 0.4) is 0 Å². The molecule has 1 atom stereocenters. The third-order valence-corrected chi connectivity index (χ3v) is 3.78. The molecule has 0 bridgehead atoms. The van der Waals surface area contributed by atoms with Crippen molar-refractivity contribution in [2.24, 2.45) is 11.8 Å². The topological polar surface area (TPSA) is 57.6 Å². The zero-order valence-electron chi connectivity index (χ0n) is 12.2. The Balaban J connectivity index is 2.35. The lowest BCUT2D eigenvalue weighted by Crippen LogP contribution is -2.38. The molecule has 1 saturated carbocycles. The summed E-state index contributed by atoms with van der Waals surface area (Å²) in [6, 6.07) is 5.87. The third-order valence-electron chi connectivity index (χ3n) is 3.78. The largest absolute Gasteiger partial charge is 0.481 e. The molecule has 0 radical (unpaired) electrons. The summed E-state index contributed by atoms with van der Waals surface area (Å²) in [6.07, 6.45) is 1.84. The van der Waals surface area contributed by atoms with Gasteiger partial charge in [-0.1, -0.05) is 25.1 Å². The Bertz CT molecular complexity index is 514. The fraction of sp³-hybridized carbons (Fsp3) is 0.500. The van der Waals surface area contributed by atoms with Gasteiger partial charge in [-0.05, 0) is 37.8 Å². The van der Waals surface area contributed by atoms with Crippen molar-refractivity contribution in [1.29, 1.82) is 0 Å². The van der Waals surface area contributed by atoms with E-state index in [-0.39, 0.29) is 18.4 Å². The summed E-state index contributed by atoms with van der Waals surface area (Å²) in [5, 5.41) is 9.11. The molecular formula is C16H21NO3. The fourth-order valence-corrected chi connectivity index (χ4v) is 2.43. The molecule has 1 aliphatic rings. The van der Waals surface area contributed by atoms with Crippen molar-refractivity contribution in [3.05, 3.63) is 29.3 Å². The molecule has 4 heteroatoms. The Kier molecular flexibility index (Phi) is 4.12. The lowest BCUT2D eigenvalue weighted by molar-refractivity contribution is -0.140. The van der Waals surface area contributed by atoms with Crippen LogP contribution in [0.1, 0.15) is 30.9 Å². The number of aliphatic carboxylic acids is 1. The van der Waals surface area contributed by atoms with Crippen molar-refractivity contribution in [2.45, 2.75) is 33.6 Å². The SMILES string of the molecule is Cc1cccc(C)c1N(CC(C)C(=O)O)C(=O)C1CC1. The highest BCUT2D eigenvalue weighted by Crippen LogP contribution is 2.35. The first-order valence-corrected chi connectivity index (χ1v) is 7.02. The van der Waals surface area contributed by atoms with Gasteiger partial charge in [-0.25, -0.2) is 0 Å². The number of carbonyl (C=O) groups is 2. The van der Waals surface area contributed by atoms with Crippen molar-refractivity contribution >= 4 is 17.6 Å². The van der Waals surface area contributed by atoms with Crippen LogP contribution in [-0.2, 0) is 9.59 Å². The maximum absolute atomic E-state index is 12.5. The molecule has 1 N–H and O–H groups in total. The van der Waals surface area contributed by atoms with Gasteiger partial charge in [0.1, 0.15) is 0 Å². The first-order valence-electron chi connectivity index (χ1n) is 7.02. The molecule has 20 heavy (non-hydrogen) atoms. The van der Waals surface area contributed by atoms with Gasteiger partial charge < -0.3 is 10.0 Å². The number of para-hydroxylation sites is 1. The molecule has 2 rings (SSSR count). The normalized spacial score (nSPS) is 15.8. The fourth-order valence-electron chi connectivity index (χ4n) is 2.43. The molecule has 0 saturated heterocycles. The molecule has 0 spiro atoms. The predicted molar refractivity (Wildman–Crippen MR) is 77.8 cm³/mol. The number of nitrogens with zero attached hydrogens (tertiary/aromatic N) is 1. The Morgan fingerprint density at radius 3 is 2.30 bits per heavy atom. The van der Waals surface area contributed by atoms with Crippen LogP contribution in [0.4, 0.5) is 5.69 Å². The van der Waals surface area contributed by atoms with Crippen LogP contribution in [0.5, 0.6) is 0 Å². The second-order valence-corrected chi connectivity index (χ2v) is 5.70. The third kappa shape index (κ3) is 3.00. The van der Waals surface area contributed by atoms with Crippen LogP contribution in [0, 0.1) is 25.7 Å². The maximum atomic E-state index is 12.5. The van der Waals surface area contributed by atoms with E-state index in [2.05, 4.69) is 0 Å². The van der Waals surface area contributed by atoms with Gasteiger partial charge in [0.2, 0.25) is 5.91 Å². The Morgan fingerprint density at radius 1 is 1.30 bits per heavy atom. The van der Waals surface area contributed by atoms with Crippen LogP contribution in [0.2, 0.25) is 0 Å². The standard InChI is InChI=1S/C16H21NO3/c1-10-5-4-6-11(2)14(10)17(9-12(3)16(19)20)15(18)13-7-8-13/h4-6,12-13H,7-9H2,1-3H3,(H,19,20). The average molecular weight is 275 g/mol. The van der Waals surface area contributed by atoms with Crippen molar-refractivity contribution < 1.29 is 14.7 Å². The smallest absolute Gasteiger partial charge is 0.308 e. The predicted octanol–water partition coefficient (Wildman–Crippen LogP) is 2.77. The molecule has 1 amide bonds. The van der Waals surface area contributed by atoms with E-state index in [1.165, 1.54) is 0 Å². The van der Waals surface area contributed by atoms with Gasteiger partial charge in [0.15, 0.2) is 0 Å². The Hall–Kier alpha value is -1.84. The summed E-state index contributed by atoms with van der Waals surface area (Å²) in [4.78, 5) is 25.3. The van der Waals surface area contributed by atoms with E-state index in [0.717, 1.165) is 29.7 Å². The first kappa shape index (κ1) is 14.6. The minimum absolute atomic E-state index is 0.0653. The van der Waals surface area contributed by atoms with E-state index in [1.807, 2.05) is 32.0 Å². The van der Waals surface area contributed by atoms with Crippen LogP contribution in [0.25, 0.3) is 0 Å². The highest BCUT2D eigenvalue weighted by atomic mass is 16.4. The van der Waals surface area contributed by atoms with E-state index in [4.69, 9.17) is 5.11 Å².